The summed E-state index contributed by atoms with van der Waals surface area (Å²) in [5.41, 5.74) is 0. The zero-order valence-electron chi connectivity index (χ0n) is 13.2. The monoisotopic (exact) mass is 339 g/mol. The molecule has 0 radical (unpaired) electrons. The highest BCUT2D eigenvalue weighted by Crippen LogP contribution is 2.28. The van der Waals surface area contributed by atoms with Gasteiger partial charge in [0.15, 0.2) is 0 Å². The van der Waals surface area contributed by atoms with Gasteiger partial charge in [-0.2, -0.15) is 0 Å². The van der Waals surface area contributed by atoms with E-state index in [4.69, 9.17) is 4.74 Å². The largest absolute Gasteiger partial charge is 0.378 e. The van der Waals surface area contributed by atoms with E-state index in [0.717, 1.165) is 12.8 Å². The summed E-state index contributed by atoms with van der Waals surface area (Å²) in [6, 6.07) is 0. The van der Waals surface area contributed by atoms with Crippen molar-refractivity contribution < 1.29 is 14.3 Å². The van der Waals surface area contributed by atoms with E-state index in [1.54, 1.807) is 14.7 Å². The Bertz CT molecular complexity index is 573. The first-order chi connectivity index (χ1) is 11.1. The smallest absolute Gasteiger partial charge is 0.242 e. The predicted octanol–water partition coefficient (Wildman–Crippen LogP) is 0.350. The van der Waals surface area contributed by atoms with E-state index < -0.39 is 0 Å². The normalized spacial score (nSPS) is 19.1. The van der Waals surface area contributed by atoms with Gasteiger partial charge in [0, 0.05) is 33.1 Å². The Labute approximate surface area is 139 Å². The summed E-state index contributed by atoms with van der Waals surface area (Å²) in [7, 11) is 1.82. The van der Waals surface area contributed by atoms with Crippen molar-refractivity contribution >= 4 is 33.4 Å². The Balaban J connectivity index is 1.60. The molecule has 0 aliphatic carbocycles. The number of rotatable bonds is 4. The van der Waals surface area contributed by atoms with Crippen LogP contribution in [0.3, 0.4) is 0 Å². The van der Waals surface area contributed by atoms with Gasteiger partial charge < -0.3 is 14.5 Å². The lowest BCUT2D eigenvalue weighted by atomic mass is 10.1. The van der Waals surface area contributed by atoms with E-state index in [2.05, 4.69) is 10.2 Å². The van der Waals surface area contributed by atoms with Gasteiger partial charge in [-0.1, -0.05) is 11.3 Å². The molecule has 3 heterocycles. The quantitative estimate of drug-likeness (QED) is 0.788. The van der Waals surface area contributed by atoms with Crippen LogP contribution in [0.1, 0.15) is 19.3 Å². The Morgan fingerprint density at radius 1 is 1.26 bits per heavy atom. The molecule has 2 amide bonds. The molecule has 2 aliphatic rings. The van der Waals surface area contributed by atoms with Crippen LogP contribution in [-0.2, 0) is 14.3 Å². The molecule has 2 saturated heterocycles. The van der Waals surface area contributed by atoms with Crippen LogP contribution < -0.4 is 9.80 Å². The number of morpholine rings is 1. The molecule has 126 valence electrons. The zero-order valence-corrected chi connectivity index (χ0v) is 14.0. The zero-order chi connectivity index (χ0) is 16.2. The third kappa shape index (κ3) is 3.78. The maximum atomic E-state index is 12.3. The number of aromatic nitrogens is 2. The molecule has 3 rings (SSSR count). The topological polar surface area (TPSA) is 78.9 Å². The number of hydrogen-bond acceptors (Lipinski definition) is 7. The standard InChI is InChI=1S/C14H21N5O3S/c1-17(10-12(21)18-6-8-22-9-7-18)13-15-16-14(23-13)19-5-3-2-4-11(19)20/h2-10H2,1H3. The van der Waals surface area contributed by atoms with E-state index in [1.807, 2.05) is 7.05 Å². The maximum absolute atomic E-state index is 12.3. The summed E-state index contributed by atoms with van der Waals surface area (Å²) >= 11 is 1.35. The number of ether oxygens (including phenoxy) is 1. The lowest BCUT2D eigenvalue weighted by molar-refractivity contribution is -0.133. The van der Waals surface area contributed by atoms with Crippen LogP contribution in [0.25, 0.3) is 0 Å². The van der Waals surface area contributed by atoms with E-state index in [0.29, 0.717) is 49.5 Å². The fourth-order valence-corrected chi connectivity index (χ4v) is 3.51. The minimum atomic E-state index is 0.0570. The average Bonchev–Trinajstić information content (AvgIpc) is 3.06. The summed E-state index contributed by atoms with van der Waals surface area (Å²) in [5, 5.41) is 9.52. The first kappa shape index (κ1) is 16.1. The van der Waals surface area contributed by atoms with Crippen LogP contribution in [-0.4, -0.2) is 73.4 Å². The minimum absolute atomic E-state index is 0.0570. The van der Waals surface area contributed by atoms with E-state index in [-0.39, 0.29) is 18.4 Å². The molecule has 0 spiro atoms. The number of carbonyl (C=O) groups is 2. The predicted molar refractivity (Wildman–Crippen MR) is 86.8 cm³/mol. The Morgan fingerprint density at radius 2 is 2.04 bits per heavy atom. The van der Waals surface area contributed by atoms with Crippen molar-refractivity contribution in [3.8, 4) is 0 Å². The number of likely N-dealkylation sites (N-methyl/N-ethyl adjacent to an activating group) is 1. The highest BCUT2D eigenvalue weighted by Gasteiger charge is 2.25. The van der Waals surface area contributed by atoms with Gasteiger partial charge in [0.05, 0.1) is 19.8 Å². The molecular weight excluding hydrogens is 318 g/mol. The number of piperidine rings is 1. The first-order valence-corrected chi connectivity index (χ1v) is 8.67. The molecule has 1 aromatic heterocycles. The van der Waals surface area contributed by atoms with Crippen LogP contribution in [0.2, 0.25) is 0 Å². The van der Waals surface area contributed by atoms with Gasteiger partial charge in [-0.3, -0.25) is 14.5 Å². The molecule has 9 heteroatoms. The van der Waals surface area contributed by atoms with Crippen molar-refractivity contribution in [2.75, 3.05) is 56.2 Å². The lowest BCUT2D eigenvalue weighted by Crippen LogP contribution is -2.45. The van der Waals surface area contributed by atoms with Crippen LogP contribution in [0.4, 0.5) is 10.3 Å². The number of nitrogens with zero attached hydrogens (tertiary/aromatic N) is 5. The third-order valence-corrected chi connectivity index (χ3v) is 5.08. The van der Waals surface area contributed by atoms with Crippen molar-refractivity contribution in [1.82, 2.24) is 15.1 Å². The maximum Gasteiger partial charge on any atom is 0.242 e. The summed E-state index contributed by atoms with van der Waals surface area (Å²) < 4.78 is 5.25. The molecule has 0 unspecified atom stereocenters. The molecular formula is C14H21N5O3S. The van der Waals surface area contributed by atoms with Gasteiger partial charge in [-0.05, 0) is 12.8 Å². The van der Waals surface area contributed by atoms with Gasteiger partial charge in [0.25, 0.3) is 0 Å². The second kappa shape index (κ2) is 7.22. The number of amides is 2. The van der Waals surface area contributed by atoms with Gasteiger partial charge in [0.2, 0.25) is 22.1 Å². The van der Waals surface area contributed by atoms with Gasteiger partial charge in [-0.25, -0.2) is 0 Å². The number of carbonyl (C=O) groups excluding carboxylic acids is 2. The van der Waals surface area contributed by atoms with Crippen LogP contribution in [0.5, 0.6) is 0 Å². The van der Waals surface area contributed by atoms with Crippen molar-refractivity contribution in [2.45, 2.75) is 19.3 Å². The van der Waals surface area contributed by atoms with E-state index >= 15 is 0 Å². The van der Waals surface area contributed by atoms with Crippen molar-refractivity contribution in [2.24, 2.45) is 0 Å². The summed E-state index contributed by atoms with van der Waals surface area (Å²) in [4.78, 5) is 29.5. The van der Waals surface area contributed by atoms with Crippen LogP contribution in [0, 0.1) is 0 Å². The van der Waals surface area contributed by atoms with Crippen molar-refractivity contribution in [1.29, 1.82) is 0 Å². The molecule has 0 saturated carbocycles. The van der Waals surface area contributed by atoms with Gasteiger partial charge in [0.1, 0.15) is 0 Å². The highest BCUT2D eigenvalue weighted by molar-refractivity contribution is 7.19. The molecule has 1 aromatic rings. The first-order valence-electron chi connectivity index (χ1n) is 7.85. The summed E-state index contributed by atoms with van der Waals surface area (Å²) in [5.74, 6) is 0.160. The van der Waals surface area contributed by atoms with Crippen molar-refractivity contribution in [3.05, 3.63) is 0 Å². The highest BCUT2D eigenvalue weighted by atomic mass is 32.1. The Morgan fingerprint density at radius 3 is 2.78 bits per heavy atom. The van der Waals surface area contributed by atoms with Gasteiger partial charge in [-0.15, -0.1) is 10.2 Å². The lowest BCUT2D eigenvalue weighted by Gasteiger charge is -2.28. The van der Waals surface area contributed by atoms with Gasteiger partial charge >= 0.3 is 0 Å². The second-order valence-electron chi connectivity index (χ2n) is 5.72. The third-order valence-electron chi connectivity index (χ3n) is 4.02. The molecule has 2 fully saturated rings. The molecule has 8 nitrogen and oxygen atoms in total. The Hall–Kier alpha value is -1.74. The van der Waals surface area contributed by atoms with Crippen molar-refractivity contribution in [3.63, 3.8) is 0 Å². The molecule has 0 aromatic carbocycles. The van der Waals surface area contributed by atoms with Crippen LogP contribution in [0.15, 0.2) is 0 Å². The average molecular weight is 339 g/mol. The van der Waals surface area contributed by atoms with Crippen LogP contribution >= 0.6 is 11.3 Å². The molecule has 0 atom stereocenters. The molecule has 0 N–H and O–H groups in total. The SMILES string of the molecule is CN(CC(=O)N1CCOCC1)c1nnc(N2CCCCC2=O)s1. The number of hydrogen-bond donors (Lipinski definition) is 0. The minimum Gasteiger partial charge on any atom is -0.378 e. The number of anilines is 2. The molecule has 23 heavy (non-hydrogen) atoms. The fourth-order valence-electron chi connectivity index (χ4n) is 2.66. The molecule has 0 bridgehead atoms. The molecule has 2 aliphatic heterocycles. The summed E-state index contributed by atoms with van der Waals surface area (Å²) in [6.07, 6.45) is 2.50. The van der Waals surface area contributed by atoms with E-state index in [9.17, 15) is 9.59 Å². The summed E-state index contributed by atoms with van der Waals surface area (Å²) in [6.45, 7) is 3.41. The van der Waals surface area contributed by atoms with E-state index in [1.165, 1.54) is 11.3 Å². The fraction of sp³-hybridized carbons (Fsp3) is 0.714. The Kier molecular flexibility index (Phi) is 5.06. The second-order valence-corrected chi connectivity index (χ2v) is 6.65.